The highest BCUT2D eigenvalue weighted by molar-refractivity contribution is 14.1. The fourth-order valence-electron chi connectivity index (χ4n) is 3.33. The fourth-order valence-corrected chi connectivity index (χ4v) is 4.11. The van der Waals surface area contributed by atoms with Crippen LogP contribution in [0.5, 0.6) is 11.5 Å². The zero-order chi connectivity index (χ0) is 24.9. The first-order chi connectivity index (χ1) is 16.8. The molecule has 1 heterocycles. The maximum Gasteiger partial charge on any atom is 0.363 e. The lowest BCUT2D eigenvalue weighted by Crippen LogP contribution is -2.05. The van der Waals surface area contributed by atoms with E-state index in [4.69, 9.17) is 14.2 Å². The van der Waals surface area contributed by atoms with Crippen LogP contribution in [-0.4, -0.2) is 23.4 Å². The lowest BCUT2D eigenvalue weighted by molar-refractivity contribution is -0.384. The molecule has 0 saturated carbocycles. The number of aryl methyl sites for hydroxylation is 1. The summed E-state index contributed by atoms with van der Waals surface area (Å²) in [6, 6.07) is 17.4. The predicted octanol–water partition coefficient (Wildman–Crippen LogP) is 5.83. The summed E-state index contributed by atoms with van der Waals surface area (Å²) in [5.74, 6) is 0.809. The van der Waals surface area contributed by atoms with E-state index in [2.05, 4.69) is 27.6 Å². The fraction of sp³-hybridized carbons (Fsp3) is 0.154. The summed E-state index contributed by atoms with van der Waals surface area (Å²) in [7, 11) is 0. The van der Waals surface area contributed by atoms with E-state index in [0.717, 1.165) is 20.3 Å². The zero-order valence-electron chi connectivity index (χ0n) is 19.0. The SMILES string of the molecule is CCOc1cc(/C=C2\N=C(c3ccc(C)cc3)OC2=O)cc(I)c1OCc1ccc([N+](=O)[O-])cc1. The van der Waals surface area contributed by atoms with Gasteiger partial charge in [0.25, 0.3) is 5.69 Å². The standard InChI is InChI=1S/C26H21IN2O6/c1-3-33-23-14-18(13-22-26(30)35-25(28-22)19-8-4-16(2)5-9-19)12-21(27)24(23)34-15-17-6-10-20(11-7-17)29(31)32/h4-14H,3,15H2,1-2H3/b22-13-. The van der Waals surface area contributed by atoms with Crippen molar-refractivity contribution in [3.05, 3.63) is 102 Å². The monoisotopic (exact) mass is 584 g/mol. The second-order valence-corrected chi connectivity index (χ2v) is 8.84. The second kappa shape index (κ2) is 10.7. The van der Waals surface area contributed by atoms with Crippen molar-refractivity contribution < 1.29 is 23.9 Å². The Morgan fingerprint density at radius 1 is 1.09 bits per heavy atom. The Balaban J connectivity index is 1.57. The van der Waals surface area contributed by atoms with Crippen molar-refractivity contribution in [1.82, 2.24) is 0 Å². The van der Waals surface area contributed by atoms with Gasteiger partial charge >= 0.3 is 5.97 Å². The van der Waals surface area contributed by atoms with E-state index in [1.54, 1.807) is 24.3 Å². The number of benzene rings is 3. The number of esters is 1. The van der Waals surface area contributed by atoms with Gasteiger partial charge in [-0.2, -0.15) is 0 Å². The lowest BCUT2D eigenvalue weighted by Gasteiger charge is -2.15. The molecule has 178 valence electrons. The van der Waals surface area contributed by atoms with Crippen molar-refractivity contribution in [1.29, 1.82) is 0 Å². The summed E-state index contributed by atoms with van der Waals surface area (Å²) >= 11 is 2.14. The third-order valence-electron chi connectivity index (χ3n) is 5.08. The molecule has 9 heteroatoms. The topological polar surface area (TPSA) is 100 Å². The maximum absolute atomic E-state index is 12.4. The Kier molecular flexibility index (Phi) is 7.45. The number of nitro benzene ring substituents is 1. The molecule has 0 atom stereocenters. The molecule has 0 saturated heterocycles. The molecule has 1 aliphatic rings. The van der Waals surface area contributed by atoms with Gasteiger partial charge in [0.15, 0.2) is 17.2 Å². The van der Waals surface area contributed by atoms with Crippen LogP contribution >= 0.6 is 22.6 Å². The van der Waals surface area contributed by atoms with E-state index in [1.165, 1.54) is 12.1 Å². The van der Waals surface area contributed by atoms with Crippen LogP contribution in [0.15, 0.2) is 71.4 Å². The van der Waals surface area contributed by atoms with E-state index in [0.29, 0.717) is 23.7 Å². The van der Waals surface area contributed by atoms with E-state index in [1.807, 2.05) is 44.2 Å². The minimum absolute atomic E-state index is 0.0226. The summed E-state index contributed by atoms with van der Waals surface area (Å²) in [5.41, 5.74) is 3.54. The molecule has 0 aromatic heterocycles. The van der Waals surface area contributed by atoms with Crippen molar-refractivity contribution >= 4 is 46.2 Å². The van der Waals surface area contributed by atoms with Gasteiger partial charge in [0.2, 0.25) is 5.90 Å². The summed E-state index contributed by atoms with van der Waals surface area (Å²) in [6.07, 6.45) is 1.65. The third-order valence-corrected chi connectivity index (χ3v) is 5.89. The van der Waals surface area contributed by atoms with Crippen LogP contribution in [-0.2, 0) is 16.1 Å². The first kappa shape index (κ1) is 24.4. The first-order valence-electron chi connectivity index (χ1n) is 10.8. The number of aliphatic imine (C=N–C) groups is 1. The molecule has 4 rings (SSSR count). The number of nitrogens with zero attached hydrogens (tertiary/aromatic N) is 2. The Morgan fingerprint density at radius 3 is 2.46 bits per heavy atom. The minimum Gasteiger partial charge on any atom is -0.490 e. The van der Waals surface area contributed by atoms with Crippen molar-refractivity contribution in [2.45, 2.75) is 20.5 Å². The molecule has 0 unspecified atom stereocenters. The number of cyclic esters (lactones) is 1. The Labute approximate surface area is 215 Å². The summed E-state index contributed by atoms with van der Waals surface area (Å²) in [6.45, 7) is 4.48. The molecule has 8 nitrogen and oxygen atoms in total. The lowest BCUT2D eigenvalue weighted by atomic mass is 10.1. The van der Waals surface area contributed by atoms with E-state index < -0.39 is 10.9 Å². The molecule has 1 aliphatic heterocycles. The molecule has 0 N–H and O–H groups in total. The second-order valence-electron chi connectivity index (χ2n) is 7.68. The molecule has 0 aliphatic carbocycles. The van der Waals surface area contributed by atoms with Crippen LogP contribution in [0.4, 0.5) is 5.69 Å². The average Bonchev–Trinajstić information content (AvgIpc) is 3.19. The van der Waals surface area contributed by atoms with E-state index in [-0.39, 0.29) is 23.9 Å². The molecule has 0 fully saturated rings. The molecule has 0 bridgehead atoms. The number of non-ortho nitro benzene ring substituents is 1. The maximum atomic E-state index is 12.4. The number of halogens is 1. The Morgan fingerprint density at radius 2 is 1.80 bits per heavy atom. The van der Waals surface area contributed by atoms with Gasteiger partial charge in [-0.25, -0.2) is 9.79 Å². The number of carbonyl (C=O) groups excluding carboxylic acids is 1. The minimum atomic E-state index is -0.521. The van der Waals surface area contributed by atoms with Crippen LogP contribution in [0.25, 0.3) is 6.08 Å². The number of hydrogen-bond acceptors (Lipinski definition) is 7. The third kappa shape index (κ3) is 5.86. The number of rotatable bonds is 8. The molecular formula is C26H21IN2O6. The van der Waals surface area contributed by atoms with E-state index >= 15 is 0 Å². The zero-order valence-corrected chi connectivity index (χ0v) is 21.1. The molecular weight excluding hydrogens is 563 g/mol. The van der Waals surface area contributed by atoms with Gasteiger partial charge < -0.3 is 14.2 Å². The molecule has 3 aromatic carbocycles. The van der Waals surface area contributed by atoms with Crippen LogP contribution in [0, 0.1) is 20.6 Å². The first-order valence-corrected chi connectivity index (χ1v) is 11.8. The highest BCUT2D eigenvalue weighted by Crippen LogP contribution is 2.36. The van der Waals surface area contributed by atoms with Gasteiger partial charge in [-0.3, -0.25) is 10.1 Å². The predicted molar refractivity (Wildman–Crippen MR) is 140 cm³/mol. The number of carbonyl (C=O) groups is 1. The quantitative estimate of drug-likeness (QED) is 0.109. The van der Waals surface area contributed by atoms with Gasteiger partial charge in [0, 0.05) is 17.7 Å². The highest BCUT2D eigenvalue weighted by Gasteiger charge is 2.24. The van der Waals surface area contributed by atoms with Gasteiger partial charge in [-0.1, -0.05) is 17.7 Å². The van der Waals surface area contributed by atoms with Gasteiger partial charge in [0.05, 0.1) is 15.1 Å². The van der Waals surface area contributed by atoms with Crippen molar-refractivity contribution in [3.8, 4) is 11.5 Å². The molecule has 0 amide bonds. The molecule has 3 aromatic rings. The highest BCUT2D eigenvalue weighted by atomic mass is 127. The average molecular weight is 584 g/mol. The normalized spacial score (nSPS) is 14.0. The van der Waals surface area contributed by atoms with Crippen LogP contribution in [0.1, 0.15) is 29.2 Å². The summed E-state index contributed by atoms with van der Waals surface area (Å²) in [5, 5.41) is 10.8. The van der Waals surface area contributed by atoms with Gasteiger partial charge in [0.1, 0.15) is 6.61 Å². The summed E-state index contributed by atoms with van der Waals surface area (Å²) < 4.78 is 17.9. The molecule has 35 heavy (non-hydrogen) atoms. The van der Waals surface area contributed by atoms with Gasteiger partial charge in [-0.15, -0.1) is 0 Å². The van der Waals surface area contributed by atoms with Crippen LogP contribution < -0.4 is 9.47 Å². The van der Waals surface area contributed by atoms with Crippen molar-refractivity contribution in [3.63, 3.8) is 0 Å². The van der Waals surface area contributed by atoms with E-state index in [9.17, 15) is 14.9 Å². The largest absolute Gasteiger partial charge is 0.490 e. The number of hydrogen-bond donors (Lipinski definition) is 0. The number of ether oxygens (including phenoxy) is 3. The molecule has 0 radical (unpaired) electrons. The van der Waals surface area contributed by atoms with Crippen LogP contribution in [0.3, 0.4) is 0 Å². The smallest absolute Gasteiger partial charge is 0.363 e. The van der Waals surface area contributed by atoms with Crippen molar-refractivity contribution in [2.75, 3.05) is 6.61 Å². The van der Waals surface area contributed by atoms with Crippen LogP contribution in [0.2, 0.25) is 0 Å². The number of nitro groups is 1. The molecule has 0 spiro atoms. The Bertz CT molecular complexity index is 1330. The summed E-state index contributed by atoms with van der Waals surface area (Å²) in [4.78, 5) is 27.2. The van der Waals surface area contributed by atoms with Gasteiger partial charge in [-0.05, 0) is 90.0 Å². The Hall–Kier alpha value is -3.73. The van der Waals surface area contributed by atoms with Crippen molar-refractivity contribution in [2.24, 2.45) is 4.99 Å².